The van der Waals surface area contributed by atoms with Gasteiger partial charge in [0.25, 0.3) is 0 Å². The first kappa shape index (κ1) is 20.3. The Balaban J connectivity index is 1.41. The molecule has 0 aliphatic rings. The van der Waals surface area contributed by atoms with E-state index in [1.54, 1.807) is 11.3 Å². The van der Waals surface area contributed by atoms with Crippen LogP contribution in [-0.2, 0) is 0 Å². The van der Waals surface area contributed by atoms with Gasteiger partial charge >= 0.3 is 0 Å². The maximum absolute atomic E-state index is 9.50. The second kappa shape index (κ2) is 10.8. The van der Waals surface area contributed by atoms with E-state index in [9.17, 15) is 5.48 Å². The fourth-order valence-corrected chi connectivity index (χ4v) is 8.07. The van der Waals surface area contributed by atoms with E-state index in [2.05, 4.69) is 0 Å². The van der Waals surface area contributed by atoms with Gasteiger partial charge in [0.2, 0.25) is 0 Å². The highest BCUT2D eigenvalue weighted by molar-refractivity contribution is 7.19. The first-order valence-corrected chi connectivity index (χ1v) is 16.5. The van der Waals surface area contributed by atoms with E-state index < -0.39 is 24.2 Å². The van der Waals surface area contributed by atoms with Gasteiger partial charge in [0.1, 0.15) is 11.3 Å². The summed E-state index contributed by atoms with van der Waals surface area (Å²) >= 11 is 1.54. The first-order valence-electron chi connectivity index (χ1n) is 19.7. The van der Waals surface area contributed by atoms with Crippen LogP contribution in [0, 0.1) is 0 Å². The van der Waals surface area contributed by atoms with E-state index in [0.29, 0.717) is 22.3 Å². The Morgan fingerprint density at radius 3 is 1.79 bits per heavy atom. The molecule has 0 N–H and O–H groups in total. The van der Waals surface area contributed by atoms with Gasteiger partial charge in [0.05, 0.1) is 11.0 Å². The molecule has 0 saturated carbocycles. The molecule has 0 amide bonds. The lowest BCUT2D eigenvalue weighted by molar-refractivity contribution is 0.634. The Labute approximate surface area is 293 Å². The van der Waals surface area contributed by atoms with Crippen molar-refractivity contribution in [3.05, 3.63) is 170 Å². The van der Waals surface area contributed by atoms with Crippen LogP contribution in [0.4, 0.5) is 0 Å². The number of fused-ring (bicyclic) bond motifs is 6. The van der Waals surface area contributed by atoms with Gasteiger partial charge in [-0.25, -0.2) is 0 Å². The number of furan rings is 1. The fraction of sp³-hybridized carbons (Fsp3) is 0. The van der Waals surface area contributed by atoms with Crippen molar-refractivity contribution in [2.24, 2.45) is 0 Å². The molecule has 10 rings (SSSR count). The average molecular weight is 637 g/mol. The van der Waals surface area contributed by atoms with Crippen LogP contribution in [0.2, 0.25) is 0 Å². The molecule has 8 aromatic carbocycles. The molecule has 224 valence electrons. The third-order valence-electron chi connectivity index (χ3n) is 9.14. The lowest BCUT2D eigenvalue weighted by atomic mass is 9.86. The van der Waals surface area contributed by atoms with Gasteiger partial charge in [-0.1, -0.05) is 145 Å². The molecule has 0 saturated heterocycles. The van der Waals surface area contributed by atoms with Crippen LogP contribution in [0.3, 0.4) is 0 Å². The van der Waals surface area contributed by atoms with Crippen molar-refractivity contribution in [2.45, 2.75) is 0 Å². The van der Waals surface area contributed by atoms with E-state index in [1.807, 2.05) is 121 Å². The van der Waals surface area contributed by atoms with Gasteiger partial charge < -0.3 is 4.42 Å². The third-order valence-corrected chi connectivity index (χ3v) is 10.3. The van der Waals surface area contributed by atoms with Crippen LogP contribution in [0.25, 0.3) is 97.4 Å². The molecule has 10 aromatic rings. The van der Waals surface area contributed by atoms with E-state index in [-0.39, 0.29) is 57.0 Å². The maximum atomic E-state index is 9.50. The van der Waals surface area contributed by atoms with Crippen molar-refractivity contribution in [1.29, 1.82) is 0 Å². The van der Waals surface area contributed by atoms with Crippen LogP contribution in [0.15, 0.2) is 174 Å². The highest BCUT2D eigenvalue weighted by Crippen LogP contribution is 2.50. The van der Waals surface area contributed by atoms with Gasteiger partial charge in [0.15, 0.2) is 0 Å². The molecule has 0 fully saturated rings. The monoisotopic (exact) mass is 636 g/mol. The van der Waals surface area contributed by atoms with Crippen molar-refractivity contribution in [3.8, 4) is 43.3 Å². The molecule has 0 aliphatic heterocycles. The predicted octanol–water partition coefficient (Wildman–Crippen LogP) is 13.8. The lowest BCUT2D eigenvalue weighted by Crippen LogP contribution is -1.91. The van der Waals surface area contributed by atoms with Crippen LogP contribution in [0.1, 0.15) is 11.0 Å². The molecule has 0 aliphatic carbocycles. The van der Waals surface area contributed by atoms with Crippen molar-refractivity contribution >= 4 is 65.4 Å². The van der Waals surface area contributed by atoms with Crippen molar-refractivity contribution in [3.63, 3.8) is 0 Å². The quantitative estimate of drug-likeness (QED) is 0.138. The summed E-state index contributed by atoms with van der Waals surface area (Å²) in [6.07, 6.45) is 0. The largest absolute Gasteiger partial charge is 0.455 e. The van der Waals surface area contributed by atoms with Gasteiger partial charge in [-0.3, -0.25) is 0 Å². The smallest absolute Gasteiger partial charge is 0.145 e. The normalized spacial score (nSPS) is 14.1. The summed E-state index contributed by atoms with van der Waals surface area (Å²) in [5, 5.41) is 5.25. The molecule has 2 heterocycles. The Bertz CT molecular complexity index is 3210. The van der Waals surface area contributed by atoms with E-state index in [4.69, 9.17) is 9.90 Å². The maximum Gasteiger partial charge on any atom is 0.145 e. The predicted molar refractivity (Wildman–Crippen MR) is 206 cm³/mol. The zero-order chi connectivity index (χ0) is 38.6. The average Bonchev–Trinajstić information content (AvgIpc) is 3.88. The van der Waals surface area contributed by atoms with Crippen LogP contribution in [0.5, 0.6) is 0 Å². The molecule has 48 heavy (non-hydrogen) atoms. The number of rotatable bonds is 4. The number of thiophene rings is 1. The summed E-state index contributed by atoms with van der Waals surface area (Å²) in [4.78, 5) is 1.84. The lowest BCUT2D eigenvalue weighted by Gasteiger charge is -2.17. The number of para-hydroxylation sites is 1. The summed E-state index contributed by atoms with van der Waals surface area (Å²) in [5.74, 6) is 0.259. The highest BCUT2D eigenvalue weighted by Gasteiger charge is 2.25. The van der Waals surface area contributed by atoms with Gasteiger partial charge in [-0.2, -0.15) is 0 Å². The Morgan fingerprint density at radius 2 is 1.02 bits per heavy atom. The minimum atomic E-state index is -0.458. The Morgan fingerprint density at radius 1 is 0.417 bits per heavy atom. The third kappa shape index (κ3) is 4.17. The fourth-order valence-electron chi connectivity index (χ4n) is 7.01. The minimum Gasteiger partial charge on any atom is -0.455 e. The zero-order valence-corrected chi connectivity index (χ0v) is 26.2. The second-order valence-electron chi connectivity index (χ2n) is 11.8. The summed E-state index contributed by atoms with van der Waals surface area (Å²) in [6, 6.07) is 36.3. The zero-order valence-electron chi connectivity index (χ0n) is 33.4. The molecule has 0 bridgehead atoms. The first-order chi connectivity index (χ1) is 27.1. The summed E-state index contributed by atoms with van der Waals surface area (Å²) in [7, 11) is 0. The van der Waals surface area contributed by atoms with Crippen LogP contribution >= 0.6 is 11.3 Å². The van der Waals surface area contributed by atoms with Gasteiger partial charge in [-0.15, -0.1) is 11.3 Å². The van der Waals surface area contributed by atoms with Gasteiger partial charge in [0, 0.05) is 26.3 Å². The molecule has 0 unspecified atom stereocenters. The molecule has 0 radical (unpaired) electrons. The summed E-state index contributed by atoms with van der Waals surface area (Å²) in [5.41, 5.74) is 3.27. The second-order valence-corrected chi connectivity index (χ2v) is 12.9. The highest BCUT2D eigenvalue weighted by atomic mass is 32.1. The topological polar surface area (TPSA) is 13.1 Å². The molecule has 0 spiro atoms. The molecule has 0 atom stereocenters. The molecular weight excluding hydrogens is 601 g/mol. The Kier molecular flexibility index (Phi) is 4.57. The van der Waals surface area contributed by atoms with Crippen molar-refractivity contribution in [1.82, 2.24) is 0 Å². The number of hydrogen-bond acceptors (Lipinski definition) is 2. The van der Waals surface area contributed by atoms with E-state index in [1.165, 1.54) is 0 Å². The molecule has 2 heteroatoms. The summed E-state index contributed by atoms with van der Waals surface area (Å²) in [6.45, 7) is 0. The molecule has 2 aromatic heterocycles. The van der Waals surface area contributed by atoms with Crippen molar-refractivity contribution in [2.75, 3.05) is 0 Å². The van der Waals surface area contributed by atoms with Crippen LogP contribution < -0.4 is 0 Å². The van der Waals surface area contributed by atoms with E-state index in [0.717, 1.165) is 42.2 Å². The Hall–Kier alpha value is -5.96. The van der Waals surface area contributed by atoms with Crippen molar-refractivity contribution < 1.29 is 15.4 Å². The van der Waals surface area contributed by atoms with E-state index >= 15 is 0 Å². The van der Waals surface area contributed by atoms with Crippen LogP contribution in [-0.4, -0.2) is 0 Å². The number of hydrogen-bond donors (Lipinski definition) is 0. The summed E-state index contributed by atoms with van der Waals surface area (Å²) < 4.78 is 80.2. The number of benzene rings is 8. The standard InChI is InChI=1S/C46H28OS/c1-2-13-30(14-3-1)41-26-27-42(48-41)45-39-20-10-11-21-40(39)47-46(45)44-37-18-8-6-16-35(37)43(36-17-7-9-19-38(36)44)32-24-25-34-31(28-32)23-22-29-12-4-5-15-33(29)34/h1-28H/i6D,7D,8D,9D,16D,17D,18D,19D. The molecule has 1 nitrogen and oxygen atoms in total. The van der Waals surface area contributed by atoms with Gasteiger partial charge in [-0.05, 0) is 84.0 Å². The minimum absolute atomic E-state index is 0.113. The SMILES string of the molecule is [2H]c1c([2H])c([2H])c2c(-c3oc4ccccc4c3-c3ccc(-c4ccccc4)s3)c3c([2H])c([2H])c([2H])c([2H])c3c(-c3ccc4c(ccc5ccccc54)c3)c2c1[2H]. The molecular formula is C46H28OS.